The van der Waals surface area contributed by atoms with Gasteiger partial charge in [0.25, 0.3) is 0 Å². The number of nitrogens with one attached hydrogen (secondary N) is 1. The summed E-state index contributed by atoms with van der Waals surface area (Å²) in [6, 6.07) is 4.22. The van der Waals surface area contributed by atoms with E-state index in [0.717, 1.165) is 22.4 Å². The highest BCUT2D eigenvalue weighted by molar-refractivity contribution is 9.10. The van der Waals surface area contributed by atoms with Crippen LogP contribution in [0.15, 0.2) is 29.0 Å². The SMILES string of the molecule is CC(C)(C)NCc1cc(Br)cnc1-n1ccc(C2CC2)n1. The van der Waals surface area contributed by atoms with Crippen LogP contribution < -0.4 is 5.32 Å². The summed E-state index contributed by atoms with van der Waals surface area (Å²) < 4.78 is 2.89. The van der Waals surface area contributed by atoms with Gasteiger partial charge >= 0.3 is 0 Å². The Labute approximate surface area is 134 Å². The molecule has 3 rings (SSSR count). The molecule has 0 spiro atoms. The molecular weight excluding hydrogens is 328 g/mol. The van der Waals surface area contributed by atoms with Gasteiger partial charge in [-0.05, 0) is 61.7 Å². The first-order chi connectivity index (χ1) is 9.92. The van der Waals surface area contributed by atoms with Crippen molar-refractivity contribution in [2.75, 3.05) is 0 Å². The monoisotopic (exact) mass is 348 g/mol. The smallest absolute Gasteiger partial charge is 0.157 e. The summed E-state index contributed by atoms with van der Waals surface area (Å²) in [4.78, 5) is 4.56. The first-order valence-electron chi connectivity index (χ1n) is 7.38. The number of rotatable bonds is 4. The Bertz CT molecular complexity index is 638. The van der Waals surface area contributed by atoms with Crippen molar-refractivity contribution in [2.24, 2.45) is 0 Å². The molecule has 21 heavy (non-hydrogen) atoms. The minimum absolute atomic E-state index is 0.0723. The quantitative estimate of drug-likeness (QED) is 0.913. The second kappa shape index (κ2) is 5.54. The topological polar surface area (TPSA) is 42.7 Å². The molecule has 0 radical (unpaired) electrons. The Morgan fingerprint density at radius 1 is 1.38 bits per heavy atom. The fourth-order valence-electron chi connectivity index (χ4n) is 2.22. The van der Waals surface area contributed by atoms with Gasteiger partial charge in [-0.1, -0.05) is 0 Å². The first-order valence-corrected chi connectivity index (χ1v) is 8.17. The molecule has 0 amide bonds. The normalized spacial score (nSPS) is 15.4. The molecular formula is C16H21BrN4. The molecule has 0 saturated heterocycles. The molecule has 0 bridgehead atoms. The minimum atomic E-state index is 0.0723. The van der Waals surface area contributed by atoms with Gasteiger partial charge in [0.2, 0.25) is 0 Å². The minimum Gasteiger partial charge on any atom is -0.308 e. The molecule has 1 aliphatic carbocycles. The van der Waals surface area contributed by atoms with E-state index >= 15 is 0 Å². The summed E-state index contributed by atoms with van der Waals surface area (Å²) in [5.41, 5.74) is 2.40. The molecule has 112 valence electrons. The molecule has 0 atom stereocenters. The van der Waals surface area contributed by atoms with E-state index in [1.807, 2.05) is 17.1 Å². The Morgan fingerprint density at radius 3 is 2.81 bits per heavy atom. The van der Waals surface area contributed by atoms with Crippen molar-refractivity contribution in [2.45, 2.75) is 51.6 Å². The highest BCUT2D eigenvalue weighted by Crippen LogP contribution is 2.39. The van der Waals surface area contributed by atoms with E-state index in [9.17, 15) is 0 Å². The molecule has 0 aromatic carbocycles. The number of nitrogens with zero attached hydrogens (tertiary/aromatic N) is 3. The van der Waals surface area contributed by atoms with Crippen LogP contribution >= 0.6 is 15.9 Å². The molecule has 2 heterocycles. The largest absolute Gasteiger partial charge is 0.308 e. The van der Waals surface area contributed by atoms with E-state index in [1.54, 1.807) is 0 Å². The number of halogens is 1. The third kappa shape index (κ3) is 3.71. The lowest BCUT2D eigenvalue weighted by molar-refractivity contribution is 0.423. The maximum absolute atomic E-state index is 4.69. The fraction of sp³-hybridized carbons (Fsp3) is 0.500. The summed E-state index contributed by atoms with van der Waals surface area (Å²) in [6.07, 6.45) is 6.38. The van der Waals surface area contributed by atoms with Crippen LogP contribution in [0, 0.1) is 0 Å². The molecule has 0 aliphatic heterocycles. The van der Waals surface area contributed by atoms with Crippen LogP contribution in [0.5, 0.6) is 0 Å². The van der Waals surface area contributed by atoms with E-state index in [-0.39, 0.29) is 5.54 Å². The third-order valence-electron chi connectivity index (χ3n) is 3.54. The van der Waals surface area contributed by atoms with Gasteiger partial charge in [0.05, 0.1) is 5.69 Å². The zero-order chi connectivity index (χ0) is 15.0. The number of aromatic nitrogens is 3. The maximum Gasteiger partial charge on any atom is 0.157 e. The Kier molecular flexibility index (Phi) is 3.88. The lowest BCUT2D eigenvalue weighted by Crippen LogP contribution is -2.35. The van der Waals surface area contributed by atoms with Crippen molar-refractivity contribution < 1.29 is 0 Å². The van der Waals surface area contributed by atoms with Crippen molar-refractivity contribution in [1.82, 2.24) is 20.1 Å². The molecule has 1 N–H and O–H groups in total. The van der Waals surface area contributed by atoms with Gasteiger partial charge in [-0.15, -0.1) is 0 Å². The van der Waals surface area contributed by atoms with Crippen LogP contribution in [0.1, 0.15) is 50.8 Å². The summed E-state index contributed by atoms with van der Waals surface area (Å²) in [6.45, 7) is 7.26. The highest BCUT2D eigenvalue weighted by atomic mass is 79.9. The maximum atomic E-state index is 4.69. The molecule has 1 saturated carbocycles. The van der Waals surface area contributed by atoms with E-state index in [4.69, 9.17) is 0 Å². The van der Waals surface area contributed by atoms with E-state index < -0.39 is 0 Å². The van der Waals surface area contributed by atoms with Gasteiger partial charge in [0.1, 0.15) is 0 Å². The summed E-state index contributed by atoms with van der Waals surface area (Å²) in [7, 11) is 0. The van der Waals surface area contributed by atoms with E-state index in [0.29, 0.717) is 5.92 Å². The standard InChI is InChI=1S/C16H21BrN4/c1-16(2,3)19-9-12-8-13(17)10-18-15(12)21-7-6-14(20-21)11-4-5-11/h6-8,10-11,19H,4-5,9H2,1-3H3. The molecule has 1 fully saturated rings. The zero-order valence-electron chi connectivity index (χ0n) is 12.7. The number of hydrogen-bond acceptors (Lipinski definition) is 3. The van der Waals surface area contributed by atoms with Crippen LogP contribution in [-0.2, 0) is 6.54 Å². The molecule has 2 aromatic heterocycles. The van der Waals surface area contributed by atoms with Gasteiger partial charge in [-0.2, -0.15) is 5.10 Å². The molecule has 4 nitrogen and oxygen atoms in total. The summed E-state index contributed by atoms with van der Waals surface area (Å²) in [5.74, 6) is 1.57. The zero-order valence-corrected chi connectivity index (χ0v) is 14.3. The van der Waals surface area contributed by atoms with Crippen LogP contribution in [-0.4, -0.2) is 20.3 Å². The van der Waals surface area contributed by atoms with Crippen molar-refractivity contribution in [3.8, 4) is 5.82 Å². The van der Waals surface area contributed by atoms with Crippen LogP contribution in [0.3, 0.4) is 0 Å². The van der Waals surface area contributed by atoms with Crippen LogP contribution in [0.4, 0.5) is 0 Å². The van der Waals surface area contributed by atoms with Crippen molar-refractivity contribution in [1.29, 1.82) is 0 Å². The average molecular weight is 349 g/mol. The second-order valence-corrected chi connectivity index (χ2v) is 7.61. The number of pyridine rings is 1. The van der Waals surface area contributed by atoms with Crippen molar-refractivity contribution in [3.63, 3.8) is 0 Å². The Hall–Kier alpha value is -1.20. The Morgan fingerprint density at radius 2 is 2.14 bits per heavy atom. The first kappa shape index (κ1) is 14.7. The summed E-state index contributed by atoms with van der Waals surface area (Å²) >= 11 is 3.51. The van der Waals surface area contributed by atoms with Gasteiger partial charge < -0.3 is 5.32 Å². The molecule has 0 unspecified atom stereocenters. The predicted octanol–water partition coefficient (Wildman–Crippen LogP) is 3.80. The van der Waals surface area contributed by atoms with Crippen LogP contribution in [0.2, 0.25) is 0 Å². The van der Waals surface area contributed by atoms with E-state index in [1.165, 1.54) is 18.5 Å². The number of hydrogen-bond donors (Lipinski definition) is 1. The van der Waals surface area contributed by atoms with Gasteiger partial charge in [0.15, 0.2) is 5.82 Å². The molecule has 1 aliphatic rings. The van der Waals surface area contributed by atoms with Gasteiger partial charge in [-0.3, -0.25) is 0 Å². The lowest BCUT2D eigenvalue weighted by atomic mass is 10.1. The van der Waals surface area contributed by atoms with Crippen molar-refractivity contribution >= 4 is 15.9 Å². The van der Waals surface area contributed by atoms with Gasteiger partial charge in [-0.25, -0.2) is 9.67 Å². The Balaban J connectivity index is 1.88. The molecule has 5 heteroatoms. The van der Waals surface area contributed by atoms with Crippen LogP contribution in [0.25, 0.3) is 5.82 Å². The highest BCUT2D eigenvalue weighted by Gasteiger charge is 2.26. The van der Waals surface area contributed by atoms with Crippen molar-refractivity contribution in [3.05, 3.63) is 40.3 Å². The fourth-order valence-corrected chi connectivity index (χ4v) is 2.60. The van der Waals surface area contributed by atoms with E-state index in [2.05, 4.69) is 64.2 Å². The summed E-state index contributed by atoms with van der Waals surface area (Å²) in [5, 5.41) is 8.20. The second-order valence-electron chi connectivity index (χ2n) is 6.70. The third-order valence-corrected chi connectivity index (χ3v) is 3.97. The molecule has 2 aromatic rings. The van der Waals surface area contributed by atoms with Gasteiger partial charge in [0, 0.05) is 40.4 Å². The average Bonchev–Trinajstić information content (AvgIpc) is 3.14. The predicted molar refractivity (Wildman–Crippen MR) is 87.6 cm³/mol. The lowest BCUT2D eigenvalue weighted by Gasteiger charge is -2.21.